The Hall–Kier alpha value is -2.99. The van der Waals surface area contributed by atoms with Gasteiger partial charge in [-0.25, -0.2) is 0 Å². The minimum atomic E-state index is 0.0290. The van der Waals surface area contributed by atoms with Crippen molar-refractivity contribution in [1.82, 2.24) is 15.2 Å². The quantitative estimate of drug-likeness (QED) is 0.650. The van der Waals surface area contributed by atoms with Crippen LogP contribution in [0.4, 0.5) is 17.5 Å². The third-order valence-electron chi connectivity index (χ3n) is 3.52. The molecule has 3 aromatic rings. The van der Waals surface area contributed by atoms with Crippen molar-refractivity contribution in [1.29, 1.82) is 0 Å². The number of nitrogens with zero attached hydrogens (tertiary/aromatic N) is 3. The molecule has 3 rings (SSSR count). The van der Waals surface area contributed by atoms with Gasteiger partial charge in [0.25, 0.3) is 0 Å². The van der Waals surface area contributed by atoms with Gasteiger partial charge in [-0.1, -0.05) is 29.8 Å². The Balaban J connectivity index is 1.67. The van der Waals surface area contributed by atoms with Crippen LogP contribution in [-0.4, -0.2) is 21.0 Å². The molecule has 7 heteroatoms. The Bertz CT molecular complexity index is 883. The van der Waals surface area contributed by atoms with Gasteiger partial charge in [-0.05, 0) is 42.8 Å². The number of benzene rings is 2. The Morgan fingerprint density at radius 1 is 1.12 bits per heavy atom. The number of carbonyl (C=O) groups excluding carboxylic acids is 1. The maximum Gasteiger partial charge on any atom is 0.244 e. The molecule has 1 heterocycles. The molecule has 0 unspecified atom stereocenters. The summed E-state index contributed by atoms with van der Waals surface area (Å²) in [4.78, 5) is 15.7. The smallest absolute Gasteiger partial charge is 0.244 e. The first kappa shape index (κ1) is 16.9. The van der Waals surface area contributed by atoms with Gasteiger partial charge in [-0.15, -0.1) is 5.10 Å². The maximum atomic E-state index is 11.3. The molecule has 0 radical (unpaired) electrons. The predicted molar refractivity (Wildman–Crippen MR) is 98.3 cm³/mol. The molecule has 126 valence electrons. The maximum absolute atomic E-state index is 11.3. The van der Waals surface area contributed by atoms with Gasteiger partial charge >= 0.3 is 0 Å². The van der Waals surface area contributed by atoms with Crippen molar-refractivity contribution >= 4 is 34.8 Å². The predicted octanol–water partition coefficient (Wildman–Crippen LogP) is 4.08. The fourth-order valence-electron chi connectivity index (χ4n) is 2.19. The second-order valence-corrected chi connectivity index (χ2v) is 5.78. The molecular weight excluding hydrogens is 338 g/mol. The SMILES string of the molecule is CC(=O)c1ccc(Nc2cnnc(NCc3ccccc3Cl)n2)cc1. The van der Waals surface area contributed by atoms with Crippen LogP contribution < -0.4 is 10.6 Å². The summed E-state index contributed by atoms with van der Waals surface area (Å²) in [6.07, 6.45) is 1.53. The van der Waals surface area contributed by atoms with E-state index in [1.807, 2.05) is 36.4 Å². The summed E-state index contributed by atoms with van der Waals surface area (Å²) in [5.74, 6) is 0.971. The molecule has 0 aliphatic carbocycles. The monoisotopic (exact) mass is 353 g/mol. The minimum absolute atomic E-state index is 0.0290. The number of aromatic nitrogens is 3. The van der Waals surface area contributed by atoms with Crippen LogP contribution in [-0.2, 0) is 6.54 Å². The zero-order valence-corrected chi connectivity index (χ0v) is 14.3. The fraction of sp³-hybridized carbons (Fsp3) is 0.111. The average Bonchev–Trinajstić information content (AvgIpc) is 2.62. The summed E-state index contributed by atoms with van der Waals surface area (Å²) in [5, 5.41) is 14.8. The van der Waals surface area contributed by atoms with Crippen molar-refractivity contribution in [2.45, 2.75) is 13.5 Å². The third-order valence-corrected chi connectivity index (χ3v) is 3.89. The minimum Gasteiger partial charge on any atom is -0.349 e. The highest BCUT2D eigenvalue weighted by Gasteiger charge is 2.04. The van der Waals surface area contributed by atoms with Gasteiger partial charge in [-0.3, -0.25) is 4.79 Å². The molecule has 0 saturated carbocycles. The normalized spacial score (nSPS) is 10.3. The molecule has 1 aromatic heterocycles. The van der Waals surface area contributed by atoms with Crippen LogP contribution in [0.2, 0.25) is 5.02 Å². The van der Waals surface area contributed by atoms with Gasteiger partial charge in [0.05, 0.1) is 6.20 Å². The Labute approximate surface area is 150 Å². The van der Waals surface area contributed by atoms with E-state index in [2.05, 4.69) is 25.8 Å². The molecule has 2 N–H and O–H groups in total. The van der Waals surface area contributed by atoms with E-state index < -0.39 is 0 Å². The van der Waals surface area contributed by atoms with E-state index in [1.54, 1.807) is 12.1 Å². The van der Waals surface area contributed by atoms with Crippen molar-refractivity contribution < 1.29 is 4.79 Å². The zero-order chi connectivity index (χ0) is 17.6. The summed E-state index contributed by atoms with van der Waals surface area (Å²) in [7, 11) is 0. The summed E-state index contributed by atoms with van der Waals surface area (Å²) in [6.45, 7) is 2.03. The van der Waals surface area contributed by atoms with Crippen molar-refractivity contribution in [3.63, 3.8) is 0 Å². The van der Waals surface area contributed by atoms with Gasteiger partial charge in [0.15, 0.2) is 11.6 Å². The van der Waals surface area contributed by atoms with Gasteiger partial charge in [0.1, 0.15) is 0 Å². The number of nitrogens with one attached hydrogen (secondary N) is 2. The summed E-state index contributed by atoms with van der Waals surface area (Å²) in [5.41, 5.74) is 2.42. The first-order valence-electron chi connectivity index (χ1n) is 7.67. The molecule has 0 atom stereocenters. The lowest BCUT2D eigenvalue weighted by Crippen LogP contribution is -2.06. The Morgan fingerprint density at radius 2 is 1.88 bits per heavy atom. The van der Waals surface area contributed by atoms with E-state index >= 15 is 0 Å². The van der Waals surface area contributed by atoms with Crippen LogP contribution >= 0.6 is 11.6 Å². The molecule has 6 nitrogen and oxygen atoms in total. The van der Waals surface area contributed by atoms with Crippen LogP contribution in [0.25, 0.3) is 0 Å². The largest absolute Gasteiger partial charge is 0.349 e. The highest BCUT2D eigenvalue weighted by atomic mass is 35.5. The van der Waals surface area contributed by atoms with Crippen molar-refractivity contribution in [2.24, 2.45) is 0 Å². The lowest BCUT2D eigenvalue weighted by molar-refractivity contribution is 0.101. The molecule has 2 aromatic carbocycles. The first-order chi connectivity index (χ1) is 12.1. The second kappa shape index (κ2) is 7.72. The highest BCUT2D eigenvalue weighted by molar-refractivity contribution is 6.31. The van der Waals surface area contributed by atoms with Crippen molar-refractivity contribution in [3.05, 3.63) is 70.9 Å². The lowest BCUT2D eigenvalue weighted by atomic mass is 10.1. The van der Waals surface area contributed by atoms with Gasteiger partial charge in [0, 0.05) is 22.8 Å². The number of ketones is 1. The topological polar surface area (TPSA) is 79.8 Å². The van der Waals surface area contributed by atoms with Crippen molar-refractivity contribution in [3.8, 4) is 0 Å². The lowest BCUT2D eigenvalue weighted by Gasteiger charge is -2.09. The number of hydrogen-bond acceptors (Lipinski definition) is 6. The Kier molecular flexibility index (Phi) is 5.20. The van der Waals surface area contributed by atoms with E-state index in [0.717, 1.165) is 11.3 Å². The number of carbonyl (C=O) groups is 1. The van der Waals surface area contributed by atoms with Crippen molar-refractivity contribution in [2.75, 3.05) is 10.6 Å². The van der Waals surface area contributed by atoms with E-state index in [0.29, 0.717) is 28.9 Å². The molecule has 0 amide bonds. The van der Waals surface area contributed by atoms with Gasteiger partial charge in [0.2, 0.25) is 5.95 Å². The molecule has 0 fully saturated rings. The highest BCUT2D eigenvalue weighted by Crippen LogP contribution is 2.18. The van der Waals surface area contributed by atoms with Crippen LogP contribution in [0.3, 0.4) is 0 Å². The molecule has 0 aliphatic rings. The van der Waals surface area contributed by atoms with E-state index in [-0.39, 0.29) is 5.78 Å². The summed E-state index contributed by atoms with van der Waals surface area (Å²) < 4.78 is 0. The molecular formula is C18H16ClN5O. The van der Waals surface area contributed by atoms with Gasteiger partial charge in [-0.2, -0.15) is 10.1 Å². The van der Waals surface area contributed by atoms with Crippen LogP contribution in [0, 0.1) is 0 Å². The van der Waals surface area contributed by atoms with Crippen LogP contribution in [0.5, 0.6) is 0 Å². The van der Waals surface area contributed by atoms with Crippen LogP contribution in [0.1, 0.15) is 22.8 Å². The first-order valence-corrected chi connectivity index (χ1v) is 8.04. The van der Waals surface area contributed by atoms with E-state index in [9.17, 15) is 4.79 Å². The third kappa shape index (κ3) is 4.51. The molecule has 25 heavy (non-hydrogen) atoms. The molecule has 0 spiro atoms. The fourth-order valence-corrected chi connectivity index (χ4v) is 2.39. The summed E-state index contributed by atoms with van der Waals surface area (Å²) >= 11 is 6.13. The van der Waals surface area contributed by atoms with E-state index in [1.165, 1.54) is 13.1 Å². The van der Waals surface area contributed by atoms with Crippen LogP contribution in [0.15, 0.2) is 54.7 Å². The number of hydrogen-bond donors (Lipinski definition) is 2. The standard InChI is InChI=1S/C18H16ClN5O/c1-12(25)13-6-8-15(9-7-13)22-17-11-21-24-18(23-17)20-10-14-4-2-3-5-16(14)19/h2-9,11H,10H2,1H3,(H2,20,22,23,24). The number of anilines is 3. The number of rotatable bonds is 6. The number of Topliss-reactive ketones (excluding diaryl/α,β-unsaturated/α-hetero) is 1. The number of halogens is 1. The molecule has 0 bridgehead atoms. The second-order valence-electron chi connectivity index (χ2n) is 5.37. The molecule has 0 saturated heterocycles. The summed E-state index contributed by atoms with van der Waals surface area (Å²) in [6, 6.07) is 14.7. The zero-order valence-electron chi connectivity index (χ0n) is 13.5. The average molecular weight is 354 g/mol. The van der Waals surface area contributed by atoms with E-state index in [4.69, 9.17) is 11.6 Å². The molecule has 0 aliphatic heterocycles. The Morgan fingerprint density at radius 3 is 2.60 bits per heavy atom. The van der Waals surface area contributed by atoms with Gasteiger partial charge < -0.3 is 10.6 Å².